The molecule has 0 aromatic rings. The number of morpholine rings is 1. The number of hydrogen-bond acceptors (Lipinski definition) is 5. The van der Waals surface area contributed by atoms with Gasteiger partial charge in [0.1, 0.15) is 6.04 Å². The fraction of sp³-hybridized carbons (Fsp3) is 0.857. The van der Waals surface area contributed by atoms with Crippen LogP contribution in [-0.4, -0.2) is 61.9 Å². The highest BCUT2D eigenvalue weighted by molar-refractivity contribution is 7.89. The smallest absolute Gasteiger partial charge is 0.238 e. The molecule has 1 amide bonds. The van der Waals surface area contributed by atoms with E-state index in [1.54, 1.807) is 0 Å². The zero-order valence-electron chi connectivity index (χ0n) is 8.13. The van der Waals surface area contributed by atoms with E-state index >= 15 is 0 Å². The van der Waals surface area contributed by atoms with Crippen LogP contribution in [0.1, 0.15) is 0 Å². The van der Waals surface area contributed by atoms with Gasteiger partial charge in [-0.2, -0.15) is 4.31 Å². The molecule has 1 aliphatic rings. The van der Waals surface area contributed by atoms with Gasteiger partial charge in [-0.25, -0.2) is 8.42 Å². The molecule has 88 valence electrons. The quantitative estimate of drug-likeness (QED) is 0.562. The van der Waals surface area contributed by atoms with Crippen LogP contribution in [0.4, 0.5) is 0 Å². The third-order valence-electron chi connectivity index (χ3n) is 2.11. The molecule has 1 heterocycles. The lowest BCUT2D eigenvalue weighted by Crippen LogP contribution is -2.55. The molecule has 15 heavy (non-hydrogen) atoms. The highest BCUT2D eigenvalue weighted by Crippen LogP contribution is 2.12. The van der Waals surface area contributed by atoms with Crippen molar-refractivity contribution in [3.8, 4) is 0 Å². The fourth-order valence-corrected chi connectivity index (χ4v) is 2.75. The highest BCUT2D eigenvalue weighted by atomic mass is 32.2. The molecule has 1 fully saturated rings. The Morgan fingerprint density at radius 1 is 1.60 bits per heavy atom. The van der Waals surface area contributed by atoms with Crippen LogP contribution in [0.25, 0.3) is 0 Å². The van der Waals surface area contributed by atoms with Crippen LogP contribution >= 0.6 is 0 Å². The molecule has 0 aromatic carbocycles. The summed E-state index contributed by atoms with van der Waals surface area (Å²) in [6, 6.07) is -0.963. The lowest BCUT2D eigenvalue weighted by atomic mass is 10.3. The van der Waals surface area contributed by atoms with Crippen LogP contribution in [0.3, 0.4) is 0 Å². The predicted molar refractivity (Wildman–Crippen MR) is 51.4 cm³/mol. The summed E-state index contributed by atoms with van der Waals surface area (Å²) in [5, 5.41) is 8.60. The number of rotatable bonds is 4. The number of aliphatic hydroxyl groups excluding tert-OH is 1. The molecule has 1 rings (SSSR count). The van der Waals surface area contributed by atoms with Gasteiger partial charge in [0.05, 0.1) is 25.6 Å². The molecule has 1 atom stereocenters. The Morgan fingerprint density at radius 3 is 2.80 bits per heavy atom. The van der Waals surface area contributed by atoms with Gasteiger partial charge >= 0.3 is 0 Å². The molecular formula is C7H14N2O5S. The number of amides is 1. The van der Waals surface area contributed by atoms with Crippen molar-refractivity contribution in [2.45, 2.75) is 6.04 Å². The summed E-state index contributed by atoms with van der Waals surface area (Å²) in [6.45, 7) is -0.185. The number of hydrogen-bond donors (Lipinski definition) is 2. The monoisotopic (exact) mass is 238 g/mol. The Morgan fingerprint density at radius 2 is 2.27 bits per heavy atom. The number of ether oxygens (including phenoxy) is 1. The number of carbonyl (C=O) groups excluding carboxylic acids is 1. The fourth-order valence-electron chi connectivity index (χ4n) is 1.38. The van der Waals surface area contributed by atoms with Gasteiger partial charge in [-0.15, -0.1) is 0 Å². The van der Waals surface area contributed by atoms with Crippen LogP contribution in [-0.2, 0) is 19.6 Å². The summed E-state index contributed by atoms with van der Waals surface area (Å²) < 4.78 is 29.2. The van der Waals surface area contributed by atoms with E-state index in [1.807, 2.05) is 0 Å². The van der Waals surface area contributed by atoms with Gasteiger partial charge in [-0.05, 0) is 0 Å². The summed E-state index contributed by atoms with van der Waals surface area (Å²) in [5.74, 6) is -1.15. The normalized spacial score (nSPS) is 23.9. The number of aliphatic hydroxyl groups is 1. The Balaban J connectivity index is 2.85. The molecule has 1 unspecified atom stereocenters. The number of sulfonamides is 1. The lowest BCUT2D eigenvalue weighted by molar-refractivity contribution is -0.125. The van der Waals surface area contributed by atoms with Crippen molar-refractivity contribution in [1.29, 1.82) is 0 Å². The van der Waals surface area contributed by atoms with Crippen molar-refractivity contribution in [2.75, 3.05) is 32.1 Å². The van der Waals surface area contributed by atoms with Crippen molar-refractivity contribution >= 4 is 15.9 Å². The Bertz CT molecular complexity index is 328. The summed E-state index contributed by atoms with van der Waals surface area (Å²) in [6.07, 6.45) is 0. The van der Waals surface area contributed by atoms with Crippen LogP contribution in [0.15, 0.2) is 0 Å². The van der Waals surface area contributed by atoms with Gasteiger partial charge in [0.2, 0.25) is 15.9 Å². The van der Waals surface area contributed by atoms with Crippen LogP contribution in [0, 0.1) is 0 Å². The van der Waals surface area contributed by atoms with Gasteiger partial charge in [0.15, 0.2) is 0 Å². The summed E-state index contributed by atoms with van der Waals surface area (Å²) >= 11 is 0. The van der Waals surface area contributed by atoms with Crippen molar-refractivity contribution in [1.82, 2.24) is 4.31 Å². The molecule has 1 saturated heterocycles. The maximum atomic E-state index is 11.6. The van der Waals surface area contributed by atoms with Crippen molar-refractivity contribution in [3.63, 3.8) is 0 Å². The first-order valence-corrected chi connectivity index (χ1v) is 6.07. The van der Waals surface area contributed by atoms with E-state index in [2.05, 4.69) is 0 Å². The minimum absolute atomic E-state index is 0.0278. The van der Waals surface area contributed by atoms with Crippen molar-refractivity contribution < 1.29 is 23.1 Å². The largest absolute Gasteiger partial charge is 0.395 e. The summed E-state index contributed by atoms with van der Waals surface area (Å²) in [5.41, 5.74) is 5.06. The van der Waals surface area contributed by atoms with Crippen LogP contribution < -0.4 is 5.73 Å². The maximum Gasteiger partial charge on any atom is 0.238 e. The van der Waals surface area contributed by atoms with Gasteiger partial charge in [0, 0.05) is 6.54 Å². The molecule has 0 radical (unpaired) electrons. The number of carbonyl (C=O) groups is 1. The molecule has 1 aliphatic heterocycles. The first-order valence-electron chi connectivity index (χ1n) is 4.46. The average molecular weight is 238 g/mol. The van der Waals surface area contributed by atoms with E-state index in [4.69, 9.17) is 15.6 Å². The molecule has 0 spiro atoms. The van der Waals surface area contributed by atoms with E-state index in [0.717, 1.165) is 4.31 Å². The molecule has 7 nitrogen and oxygen atoms in total. The van der Waals surface area contributed by atoms with E-state index < -0.39 is 34.3 Å². The van der Waals surface area contributed by atoms with Crippen LogP contribution in [0.5, 0.6) is 0 Å². The van der Waals surface area contributed by atoms with Gasteiger partial charge in [-0.1, -0.05) is 0 Å². The molecule has 3 N–H and O–H groups in total. The number of nitrogens with zero attached hydrogens (tertiary/aromatic N) is 1. The molecule has 8 heteroatoms. The Hall–Kier alpha value is -0.700. The third-order valence-corrected chi connectivity index (χ3v) is 3.96. The van der Waals surface area contributed by atoms with E-state index in [1.165, 1.54) is 0 Å². The maximum absolute atomic E-state index is 11.6. The zero-order valence-corrected chi connectivity index (χ0v) is 8.94. The number of nitrogens with two attached hydrogens (primary N) is 1. The molecule has 0 aliphatic carbocycles. The molecular weight excluding hydrogens is 224 g/mol. The van der Waals surface area contributed by atoms with Gasteiger partial charge < -0.3 is 15.6 Å². The van der Waals surface area contributed by atoms with E-state index in [0.29, 0.717) is 0 Å². The second-order valence-corrected chi connectivity index (χ2v) is 5.18. The topological polar surface area (TPSA) is 110 Å². The summed E-state index contributed by atoms with van der Waals surface area (Å²) in [4.78, 5) is 11.0. The SMILES string of the molecule is NC(=O)C1COCCN1S(=O)(=O)CCO. The molecule has 0 bridgehead atoms. The molecule has 0 saturated carbocycles. The average Bonchev–Trinajstić information content (AvgIpc) is 2.17. The van der Waals surface area contributed by atoms with E-state index in [-0.39, 0.29) is 19.8 Å². The minimum atomic E-state index is -3.63. The molecule has 0 aromatic heterocycles. The van der Waals surface area contributed by atoms with Crippen LogP contribution in [0.2, 0.25) is 0 Å². The first-order chi connectivity index (χ1) is 6.99. The van der Waals surface area contributed by atoms with Crippen molar-refractivity contribution in [2.24, 2.45) is 5.73 Å². The highest BCUT2D eigenvalue weighted by Gasteiger charge is 2.35. The second-order valence-electron chi connectivity index (χ2n) is 3.14. The third kappa shape index (κ3) is 2.88. The van der Waals surface area contributed by atoms with Gasteiger partial charge in [-0.3, -0.25) is 4.79 Å². The first kappa shape index (κ1) is 12.4. The number of primary amides is 1. The minimum Gasteiger partial charge on any atom is -0.395 e. The van der Waals surface area contributed by atoms with Crippen molar-refractivity contribution in [3.05, 3.63) is 0 Å². The summed E-state index contributed by atoms with van der Waals surface area (Å²) in [7, 11) is -3.63. The zero-order chi connectivity index (χ0) is 11.5. The predicted octanol–water partition coefficient (Wildman–Crippen LogP) is -2.51. The Labute approximate surface area is 87.9 Å². The van der Waals surface area contributed by atoms with E-state index in [9.17, 15) is 13.2 Å². The van der Waals surface area contributed by atoms with Gasteiger partial charge in [0.25, 0.3) is 0 Å². The lowest BCUT2D eigenvalue weighted by Gasteiger charge is -2.32. The standard InChI is InChI=1S/C7H14N2O5S/c8-7(11)6-5-14-3-1-9(6)15(12,13)4-2-10/h6,10H,1-5H2,(H2,8,11). The Kier molecular flexibility index (Phi) is 4.03. The second kappa shape index (κ2) is 4.88.